The van der Waals surface area contributed by atoms with Crippen molar-refractivity contribution in [3.05, 3.63) is 52.0 Å². The first kappa shape index (κ1) is 26.8. The number of hydrogen-bond acceptors (Lipinski definition) is 5. The predicted molar refractivity (Wildman–Crippen MR) is 144 cm³/mol. The maximum atomic E-state index is 13.2. The molecule has 2 heterocycles. The summed E-state index contributed by atoms with van der Waals surface area (Å²) < 4.78 is 13.4. The molecule has 190 valence electrons. The lowest BCUT2D eigenvalue weighted by Gasteiger charge is -2.16. The third kappa shape index (κ3) is 7.10. The topological polar surface area (TPSA) is 65.4 Å². The summed E-state index contributed by atoms with van der Waals surface area (Å²) in [4.78, 5) is 18.1. The standard InChI is InChI=1S/C28H39N3O3S/c1-6-9-11-21(8-3)29-28(32)24-17-26(31(20(24)4)16-10-7-2)25-19-35-27(30-25)18-34-23-14-12-22(33-5)13-15-23/h12-15,17,19,21H,6-11,16,18H2,1-5H3,(H,29,32). The van der Waals surface area contributed by atoms with Gasteiger partial charge in [0.25, 0.3) is 5.91 Å². The summed E-state index contributed by atoms with van der Waals surface area (Å²) in [6.45, 7) is 9.81. The largest absolute Gasteiger partial charge is 0.497 e. The summed E-state index contributed by atoms with van der Waals surface area (Å²) in [5.74, 6) is 1.59. The van der Waals surface area contributed by atoms with Gasteiger partial charge in [0.05, 0.1) is 24.1 Å². The Bertz CT molecular complexity index is 1070. The number of methoxy groups -OCH3 is 1. The van der Waals surface area contributed by atoms with Gasteiger partial charge in [-0.05, 0) is 56.5 Å². The molecule has 0 aliphatic carbocycles. The molecule has 2 aromatic heterocycles. The Morgan fingerprint density at radius 2 is 1.83 bits per heavy atom. The minimum atomic E-state index is 0.0141. The molecular formula is C28H39N3O3S. The second kappa shape index (κ2) is 13.3. The van der Waals surface area contributed by atoms with Crippen LogP contribution in [0.5, 0.6) is 11.5 Å². The lowest BCUT2D eigenvalue weighted by Crippen LogP contribution is -2.34. The molecule has 35 heavy (non-hydrogen) atoms. The van der Waals surface area contributed by atoms with E-state index in [4.69, 9.17) is 14.5 Å². The number of ether oxygens (including phenoxy) is 2. The molecule has 3 aromatic rings. The van der Waals surface area contributed by atoms with Crippen molar-refractivity contribution in [2.75, 3.05) is 7.11 Å². The highest BCUT2D eigenvalue weighted by Gasteiger charge is 2.21. The van der Waals surface area contributed by atoms with Crippen LogP contribution in [0.1, 0.15) is 80.4 Å². The molecule has 1 atom stereocenters. The van der Waals surface area contributed by atoms with Gasteiger partial charge in [-0.2, -0.15) is 0 Å². The van der Waals surface area contributed by atoms with E-state index in [1.807, 2.05) is 37.3 Å². The monoisotopic (exact) mass is 497 g/mol. The molecule has 0 bridgehead atoms. The van der Waals surface area contributed by atoms with Crippen LogP contribution in [0, 0.1) is 6.92 Å². The highest BCUT2D eigenvalue weighted by atomic mass is 32.1. The zero-order chi connectivity index (χ0) is 25.2. The van der Waals surface area contributed by atoms with E-state index in [9.17, 15) is 4.79 Å². The Labute approximate surface area is 213 Å². The number of aromatic nitrogens is 2. The molecule has 0 spiro atoms. The van der Waals surface area contributed by atoms with Gasteiger partial charge in [-0.1, -0.05) is 40.0 Å². The molecule has 1 aromatic carbocycles. The molecule has 0 aliphatic rings. The van der Waals surface area contributed by atoms with Crippen molar-refractivity contribution in [3.63, 3.8) is 0 Å². The van der Waals surface area contributed by atoms with Gasteiger partial charge >= 0.3 is 0 Å². The van der Waals surface area contributed by atoms with Gasteiger partial charge in [-0.15, -0.1) is 11.3 Å². The van der Waals surface area contributed by atoms with E-state index < -0.39 is 0 Å². The van der Waals surface area contributed by atoms with Crippen LogP contribution in [-0.2, 0) is 13.2 Å². The summed E-state index contributed by atoms with van der Waals surface area (Å²) in [6, 6.07) is 9.76. The molecule has 6 nitrogen and oxygen atoms in total. The molecule has 1 unspecified atom stereocenters. The summed E-state index contributed by atoms with van der Waals surface area (Å²) >= 11 is 1.58. The Morgan fingerprint density at radius 1 is 1.11 bits per heavy atom. The van der Waals surface area contributed by atoms with Crippen LogP contribution in [0.3, 0.4) is 0 Å². The molecule has 7 heteroatoms. The first-order valence-corrected chi connectivity index (χ1v) is 13.6. The third-order valence-corrected chi connectivity index (χ3v) is 7.14. The second-order valence-corrected chi connectivity index (χ2v) is 9.79. The van der Waals surface area contributed by atoms with Crippen molar-refractivity contribution in [2.45, 2.75) is 85.4 Å². The van der Waals surface area contributed by atoms with E-state index in [0.717, 1.165) is 84.2 Å². The Balaban J connectivity index is 1.78. The van der Waals surface area contributed by atoms with Crippen molar-refractivity contribution in [2.24, 2.45) is 0 Å². The van der Waals surface area contributed by atoms with Crippen LogP contribution in [-0.4, -0.2) is 28.6 Å². The smallest absolute Gasteiger partial charge is 0.253 e. The quantitative estimate of drug-likeness (QED) is 0.260. The third-order valence-electron chi connectivity index (χ3n) is 6.32. The molecule has 1 amide bonds. The number of rotatable bonds is 14. The molecule has 1 N–H and O–H groups in total. The fourth-order valence-electron chi connectivity index (χ4n) is 4.10. The zero-order valence-electron chi connectivity index (χ0n) is 21.7. The van der Waals surface area contributed by atoms with E-state index in [1.54, 1.807) is 18.4 Å². The maximum Gasteiger partial charge on any atom is 0.253 e. The highest BCUT2D eigenvalue weighted by molar-refractivity contribution is 7.09. The fourth-order valence-corrected chi connectivity index (χ4v) is 4.79. The van der Waals surface area contributed by atoms with Crippen molar-refractivity contribution in [1.82, 2.24) is 14.9 Å². The van der Waals surface area contributed by atoms with E-state index >= 15 is 0 Å². The molecule has 0 radical (unpaired) electrons. The maximum absolute atomic E-state index is 13.2. The van der Waals surface area contributed by atoms with E-state index in [-0.39, 0.29) is 11.9 Å². The Morgan fingerprint density at radius 3 is 2.49 bits per heavy atom. The number of carbonyl (C=O) groups is 1. The summed E-state index contributed by atoms with van der Waals surface area (Å²) in [5, 5.41) is 6.21. The number of hydrogen-bond donors (Lipinski definition) is 1. The van der Waals surface area contributed by atoms with Gasteiger partial charge in [0.1, 0.15) is 23.1 Å². The predicted octanol–water partition coefficient (Wildman–Crippen LogP) is 7.01. The number of thiazole rings is 1. The normalized spacial score (nSPS) is 11.9. The van der Waals surface area contributed by atoms with Gasteiger partial charge in [-0.25, -0.2) is 4.98 Å². The lowest BCUT2D eigenvalue weighted by molar-refractivity contribution is 0.0932. The number of amides is 1. The van der Waals surface area contributed by atoms with E-state index in [0.29, 0.717) is 6.61 Å². The minimum Gasteiger partial charge on any atom is -0.497 e. The number of unbranched alkanes of at least 4 members (excludes halogenated alkanes) is 2. The number of nitrogens with one attached hydrogen (secondary N) is 1. The Hall–Kier alpha value is -2.80. The summed E-state index contributed by atoms with van der Waals surface area (Å²) in [6.07, 6.45) is 6.36. The first-order chi connectivity index (χ1) is 17.0. The molecule has 0 fully saturated rings. The SMILES string of the molecule is CCCCC(CC)NC(=O)c1cc(-c2csc(COc3ccc(OC)cc3)n2)n(CCCC)c1C. The van der Waals surface area contributed by atoms with Gasteiger partial charge in [0.2, 0.25) is 0 Å². The summed E-state index contributed by atoms with van der Waals surface area (Å²) in [5.41, 5.74) is 3.63. The molecule has 0 saturated heterocycles. The average Bonchev–Trinajstić information content (AvgIpc) is 3.48. The van der Waals surface area contributed by atoms with Gasteiger partial charge in [0.15, 0.2) is 0 Å². The van der Waals surface area contributed by atoms with Crippen LogP contribution < -0.4 is 14.8 Å². The first-order valence-electron chi connectivity index (χ1n) is 12.7. The van der Waals surface area contributed by atoms with E-state index in [2.05, 4.69) is 36.0 Å². The molecule has 0 saturated carbocycles. The van der Waals surface area contributed by atoms with Gasteiger partial charge < -0.3 is 19.4 Å². The lowest BCUT2D eigenvalue weighted by atomic mass is 10.1. The Kier molecular flexibility index (Phi) is 10.2. The van der Waals surface area contributed by atoms with Crippen LogP contribution in [0.25, 0.3) is 11.4 Å². The number of benzene rings is 1. The van der Waals surface area contributed by atoms with Crippen molar-refractivity contribution >= 4 is 17.2 Å². The van der Waals surface area contributed by atoms with Crippen LogP contribution in [0.4, 0.5) is 0 Å². The second-order valence-electron chi connectivity index (χ2n) is 8.85. The van der Waals surface area contributed by atoms with Gasteiger partial charge in [-0.3, -0.25) is 4.79 Å². The van der Waals surface area contributed by atoms with Crippen LogP contribution >= 0.6 is 11.3 Å². The zero-order valence-corrected chi connectivity index (χ0v) is 22.5. The van der Waals surface area contributed by atoms with Gasteiger partial charge in [0, 0.05) is 23.7 Å². The fraction of sp³-hybridized carbons (Fsp3) is 0.500. The van der Waals surface area contributed by atoms with Crippen molar-refractivity contribution in [3.8, 4) is 22.9 Å². The minimum absolute atomic E-state index is 0.0141. The molecule has 0 aliphatic heterocycles. The average molecular weight is 498 g/mol. The summed E-state index contributed by atoms with van der Waals surface area (Å²) in [7, 11) is 1.65. The number of nitrogens with zero attached hydrogens (tertiary/aromatic N) is 2. The van der Waals surface area contributed by atoms with Crippen LogP contribution in [0.15, 0.2) is 35.7 Å². The van der Waals surface area contributed by atoms with Crippen molar-refractivity contribution in [1.29, 1.82) is 0 Å². The highest BCUT2D eigenvalue weighted by Crippen LogP contribution is 2.29. The van der Waals surface area contributed by atoms with E-state index in [1.165, 1.54) is 0 Å². The number of carbonyl (C=O) groups excluding carboxylic acids is 1. The van der Waals surface area contributed by atoms with Crippen molar-refractivity contribution < 1.29 is 14.3 Å². The van der Waals surface area contributed by atoms with Crippen LogP contribution in [0.2, 0.25) is 0 Å². The molecular weight excluding hydrogens is 458 g/mol. The molecule has 3 rings (SSSR count).